The van der Waals surface area contributed by atoms with Gasteiger partial charge in [-0.15, -0.1) is 0 Å². The van der Waals surface area contributed by atoms with Crippen molar-refractivity contribution >= 4 is 25.8 Å². The molecule has 2 atom stereocenters. The Morgan fingerprint density at radius 3 is 2.40 bits per heavy atom. The van der Waals surface area contributed by atoms with Crippen LogP contribution in [0.3, 0.4) is 0 Å². The minimum absolute atomic E-state index is 0.0116. The number of carboxylic acid groups (broad SMARTS) is 1. The molecule has 0 saturated carbocycles. The molecule has 1 aliphatic heterocycles. The van der Waals surface area contributed by atoms with Crippen LogP contribution in [0.5, 0.6) is 5.75 Å². The molecule has 1 saturated heterocycles. The Morgan fingerprint density at radius 2 is 1.88 bits per heavy atom. The van der Waals surface area contributed by atoms with Gasteiger partial charge in [0.05, 0.1) is 17.9 Å². The molecule has 1 aliphatic rings. The van der Waals surface area contributed by atoms with Crippen LogP contribution < -0.4 is 4.74 Å². The highest BCUT2D eigenvalue weighted by Crippen LogP contribution is 2.33. The van der Waals surface area contributed by atoms with Crippen molar-refractivity contribution in [2.45, 2.75) is 23.1 Å². The first kappa shape index (κ1) is 19.7. The van der Waals surface area contributed by atoms with Crippen molar-refractivity contribution in [3.05, 3.63) is 18.2 Å². The van der Waals surface area contributed by atoms with Crippen molar-refractivity contribution in [1.29, 1.82) is 0 Å². The molecule has 0 bridgehead atoms. The molecular weight excluding hydrogens is 370 g/mol. The van der Waals surface area contributed by atoms with E-state index in [1.807, 2.05) is 0 Å². The molecule has 1 fully saturated rings. The van der Waals surface area contributed by atoms with Crippen LogP contribution in [-0.2, 0) is 24.7 Å². The van der Waals surface area contributed by atoms with Gasteiger partial charge in [-0.05, 0) is 30.5 Å². The van der Waals surface area contributed by atoms with Gasteiger partial charge in [-0.25, -0.2) is 16.8 Å². The highest BCUT2D eigenvalue weighted by molar-refractivity contribution is 7.91. The number of piperidine rings is 1. The van der Waals surface area contributed by atoms with E-state index in [2.05, 4.69) is 0 Å². The number of methoxy groups -OCH3 is 1. The van der Waals surface area contributed by atoms with Crippen LogP contribution in [0.2, 0.25) is 0 Å². The number of ether oxygens (including phenoxy) is 1. The molecule has 140 valence electrons. The summed E-state index contributed by atoms with van der Waals surface area (Å²) in [5.41, 5.74) is 0. The standard InChI is InChI=1S/C15H21NO7S2/c1-10-6-11(15(17)18)9-16(8-10)25(21,22)14-7-12(24(3,19)20)4-5-13(14)23-2/h4-5,7,10-11H,6,8-9H2,1-3H3,(H,17,18). The highest BCUT2D eigenvalue weighted by atomic mass is 32.2. The Labute approximate surface area is 147 Å². The summed E-state index contributed by atoms with van der Waals surface area (Å²) in [6.45, 7) is 1.79. The molecule has 0 radical (unpaired) electrons. The van der Waals surface area contributed by atoms with E-state index in [1.54, 1.807) is 6.92 Å². The van der Waals surface area contributed by atoms with Gasteiger partial charge in [0.2, 0.25) is 10.0 Å². The Balaban J connectivity index is 2.53. The zero-order chi connectivity index (χ0) is 19.0. The van der Waals surface area contributed by atoms with E-state index in [1.165, 1.54) is 19.2 Å². The summed E-state index contributed by atoms with van der Waals surface area (Å²) in [7, 11) is -6.43. The molecule has 0 aromatic heterocycles. The average Bonchev–Trinajstić information content (AvgIpc) is 2.52. The van der Waals surface area contributed by atoms with E-state index >= 15 is 0 Å². The fourth-order valence-corrected chi connectivity index (χ4v) is 5.41. The minimum atomic E-state index is -4.11. The lowest BCUT2D eigenvalue weighted by atomic mass is 9.92. The molecule has 1 aromatic rings. The van der Waals surface area contributed by atoms with Gasteiger partial charge < -0.3 is 9.84 Å². The number of sulfonamides is 1. The lowest BCUT2D eigenvalue weighted by Crippen LogP contribution is -2.45. The highest BCUT2D eigenvalue weighted by Gasteiger charge is 2.37. The van der Waals surface area contributed by atoms with Crippen molar-refractivity contribution in [2.75, 3.05) is 26.5 Å². The maximum atomic E-state index is 13.0. The van der Waals surface area contributed by atoms with E-state index in [0.717, 1.165) is 16.6 Å². The normalized spacial score (nSPS) is 22.5. The molecule has 0 amide bonds. The number of sulfone groups is 1. The van der Waals surface area contributed by atoms with E-state index in [4.69, 9.17) is 4.74 Å². The van der Waals surface area contributed by atoms with Crippen LogP contribution in [0.1, 0.15) is 13.3 Å². The van der Waals surface area contributed by atoms with Gasteiger partial charge in [0.25, 0.3) is 0 Å². The van der Waals surface area contributed by atoms with Crippen molar-refractivity contribution in [2.24, 2.45) is 11.8 Å². The van der Waals surface area contributed by atoms with Crippen LogP contribution in [0.4, 0.5) is 0 Å². The summed E-state index contributed by atoms with van der Waals surface area (Å²) < 4.78 is 55.7. The second-order valence-electron chi connectivity index (χ2n) is 6.28. The smallest absolute Gasteiger partial charge is 0.307 e. The Morgan fingerprint density at radius 1 is 1.24 bits per heavy atom. The summed E-state index contributed by atoms with van der Waals surface area (Å²) in [5.74, 6) is -1.97. The summed E-state index contributed by atoms with van der Waals surface area (Å²) in [5, 5.41) is 9.24. The topological polar surface area (TPSA) is 118 Å². The molecule has 1 heterocycles. The van der Waals surface area contributed by atoms with E-state index in [0.29, 0.717) is 6.42 Å². The maximum absolute atomic E-state index is 13.0. The number of carbonyl (C=O) groups is 1. The molecule has 2 rings (SSSR count). The van der Waals surface area contributed by atoms with Gasteiger partial charge in [0, 0.05) is 19.3 Å². The van der Waals surface area contributed by atoms with Gasteiger partial charge >= 0.3 is 5.97 Å². The molecule has 0 aliphatic carbocycles. The minimum Gasteiger partial charge on any atom is -0.495 e. The SMILES string of the molecule is COc1ccc(S(C)(=O)=O)cc1S(=O)(=O)N1CC(C)CC(C(=O)O)C1. The zero-order valence-corrected chi connectivity index (χ0v) is 15.8. The molecule has 25 heavy (non-hydrogen) atoms. The van der Waals surface area contributed by atoms with Crippen molar-refractivity contribution in [3.8, 4) is 5.75 Å². The van der Waals surface area contributed by atoms with Gasteiger partial charge in [-0.3, -0.25) is 4.79 Å². The fraction of sp³-hybridized carbons (Fsp3) is 0.533. The Hall–Kier alpha value is -1.65. The first-order chi connectivity index (χ1) is 11.5. The van der Waals surface area contributed by atoms with E-state index in [-0.39, 0.29) is 34.5 Å². The van der Waals surface area contributed by atoms with Crippen LogP contribution in [-0.4, -0.2) is 58.7 Å². The molecule has 2 unspecified atom stereocenters. The summed E-state index contributed by atoms with van der Waals surface area (Å²) in [6.07, 6.45) is 1.37. The average molecular weight is 391 g/mol. The summed E-state index contributed by atoms with van der Waals surface area (Å²) in [6, 6.07) is 3.61. The van der Waals surface area contributed by atoms with Crippen molar-refractivity contribution in [3.63, 3.8) is 0 Å². The first-order valence-corrected chi connectivity index (χ1v) is 10.9. The fourth-order valence-electron chi connectivity index (χ4n) is 2.91. The maximum Gasteiger partial charge on any atom is 0.307 e. The monoisotopic (exact) mass is 391 g/mol. The third-order valence-corrected chi connectivity index (χ3v) is 7.12. The summed E-state index contributed by atoms with van der Waals surface area (Å²) in [4.78, 5) is 10.9. The van der Waals surface area contributed by atoms with Gasteiger partial charge in [-0.2, -0.15) is 4.31 Å². The third kappa shape index (κ3) is 4.13. The number of rotatable bonds is 5. The quantitative estimate of drug-likeness (QED) is 0.790. The molecule has 1 aromatic carbocycles. The Bertz CT molecular complexity index is 877. The van der Waals surface area contributed by atoms with Crippen LogP contribution >= 0.6 is 0 Å². The molecule has 8 nitrogen and oxygen atoms in total. The second-order valence-corrected chi connectivity index (χ2v) is 10.2. The van der Waals surface area contributed by atoms with Gasteiger partial charge in [0.15, 0.2) is 9.84 Å². The molecular formula is C15H21NO7S2. The molecule has 1 N–H and O–H groups in total. The third-order valence-electron chi connectivity index (χ3n) is 4.16. The number of carboxylic acids is 1. The number of aliphatic carboxylic acids is 1. The largest absolute Gasteiger partial charge is 0.495 e. The van der Waals surface area contributed by atoms with E-state index in [9.17, 15) is 26.7 Å². The predicted octanol–water partition coefficient (Wildman–Crippen LogP) is 0.830. The van der Waals surface area contributed by atoms with Crippen molar-refractivity contribution < 1.29 is 31.5 Å². The van der Waals surface area contributed by atoms with Crippen molar-refractivity contribution in [1.82, 2.24) is 4.31 Å². The van der Waals surface area contributed by atoms with Crippen LogP contribution in [0, 0.1) is 11.8 Å². The number of nitrogens with zero attached hydrogens (tertiary/aromatic N) is 1. The number of hydrogen-bond acceptors (Lipinski definition) is 6. The number of benzene rings is 1. The van der Waals surface area contributed by atoms with Crippen LogP contribution in [0.15, 0.2) is 28.0 Å². The van der Waals surface area contributed by atoms with Gasteiger partial charge in [-0.1, -0.05) is 6.92 Å². The second kappa shape index (κ2) is 6.93. The molecule has 0 spiro atoms. The lowest BCUT2D eigenvalue weighted by molar-refractivity contribution is -0.143. The van der Waals surface area contributed by atoms with E-state index < -0.39 is 31.7 Å². The predicted molar refractivity (Wildman–Crippen MR) is 89.8 cm³/mol. The number of hydrogen-bond donors (Lipinski definition) is 1. The summed E-state index contributed by atoms with van der Waals surface area (Å²) >= 11 is 0. The molecule has 10 heteroatoms. The zero-order valence-electron chi connectivity index (χ0n) is 14.2. The van der Waals surface area contributed by atoms with Gasteiger partial charge in [0.1, 0.15) is 10.6 Å². The Kier molecular flexibility index (Phi) is 5.45. The first-order valence-electron chi connectivity index (χ1n) is 7.58. The lowest BCUT2D eigenvalue weighted by Gasteiger charge is -2.34. The van der Waals surface area contributed by atoms with Crippen LogP contribution in [0.25, 0.3) is 0 Å².